The normalized spacial score (nSPS) is 30.1. The smallest absolute Gasteiger partial charge is 0.123 e. The van der Waals surface area contributed by atoms with Gasteiger partial charge in [0.15, 0.2) is 0 Å². The van der Waals surface area contributed by atoms with E-state index in [1.54, 1.807) is 12.1 Å². The van der Waals surface area contributed by atoms with Gasteiger partial charge in [-0.2, -0.15) is 0 Å². The first-order chi connectivity index (χ1) is 9.79. The van der Waals surface area contributed by atoms with E-state index in [0.29, 0.717) is 6.04 Å². The molecule has 108 valence electrons. The predicted molar refractivity (Wildman–Crippen MR) is 75.5 cm³/mol. The number of hydrogen-bond acceptors (Lipinski definition) is 3. The Labute approximate surface area is 119 Å². The lowest BCUT2D eigenvalue weighted by atomic mass is 10.1. The fourth-order valence-corrected chi connectivity index (χ4v) is 3.59. The van der Waals surface area contributed by atoms with E-state index < -0.39 is 0 Å². The molecule has 0 bridgehead atoms. The van der Waals surface area contributed by atoms with E-state index in [0.717, 1.165) is 49.8 Å². The summed E-state index contributed by atoms with van der Waals surface area (Å²) in [6.07, 6.45) is 3.78. The number of nitrogens with zero attached hydrogens (tertiary/aromatic N) is 1. The van der Waals surface area contributed by atoms with Gasteiger partial charge in [-0.25, -0.2) is 4.39 Å². The van der Waals surface area contributed by atoms with E-state index >= 15 is 0 Å². The summed E-state index contributed by atoms with van der Waals surface area (Å²) in [4.78, 5) is 2.58. The number of rotatable bonds is 3. The quantitative estimate of drug-likeness (QED) is 0.911. The Balaban J connectivity index is 1.42. The minimum atomic E-state index is -0.161. The van der Waals surface area contributed by atoms with Gasteiger partial charge in [-0.3, -0.25) is 4.90 Å². The summed E-state index contributed by atoms with van der Waals surface area (Å²) in [6.45, 7) is 4.25. The molecule has 1 saturated heterocycles. The zero-order chi connectivity index (χ0) is 13.5. The highest BCUT2D eigenvalue weighted by Gasteiger charge is 2.38. The van der Waals surface area contributed by atoms with Crippen LogP contribution in [0.25, 0.3) is 0 Å². The van der Waals surface area contributed by atoms with Crippen LogP contribution in [0.4, 0.5) is 4.39 Å². The summed E-state index contributed by atoms with van der Waals surface area (Å²) in [6, 6.07) is 5.54. The van der Waals surface area contributed by atoms with Crippen LogP contribution in [0.1, 0.15) is 18.4 Å². The summed E-state index contributed by atoms with van der Waals surface area (Å²) >= 11 is 0. The van der Waals surface area contributed by atoms with Crippen molar-refractivity contribution in [1.82, 2.24) is 10.2 Å². The summed E-state index contributed by atoms with van der Waals surface area (Å²) in [5.41, 5.74) is 1.02. The summed E-state index contributed by atoms with van der Waals surface area (Å²) in [5, 5.41) is 3.50. The molecule has 1 N–H and O–H groups in total. The van der Waals surface area contributed by atoms with E-state index in [4.69, 9.17) is 4.74 Å². The van der Waals surface area contributed by atoms with E-state index in [2.05, 4.69) is 10.2 Å². The second-order valence-electron chi connectivity index (χ2n) is 6.30. The van der Waals surface area contributed by atoms with Crippen LogP contribution in [0.15, 0.2) is 18.2 Å². The van der Waals surface area contributed by atoms with Crippen molar-refractivity contribution in [3.8, 4) is 5.75 Å². The number of fused-ring (bicyclic) bond motifs is 1. The van der Waals surface area contributed by atoms with E-state index in [9.17, 15) is 4.39 Å². The molecular weight excluding hydrogens is 255 g/mol. The van der Waals surface area contributed by atoms with Crippen LogP contribution in [0.3, 0.4) is 0 Å². The molecule has 2 unspecified atom stereocenters. The average molecular weight is 276 g/mol. The molecule has 1 aromatic rings. The van der Waals surface area contributed by atoms with Crippen molar-refractivity contribution in [2.24, 2.45) is 5.92 Å². The molecule has 2 atom stereocenters. The van der Waals surface area contributed by atoms with Gasteiger partial charge in [-0.1, -0.05) is 0 Å². The predicted octanol–water partition coefficient (Wildman–Crippen LogP) is 1.81. The van der Waals surface area contributed by atoms with Crippen LogP contribution in [0.5, 0.6) is 5.75 Å². The van der Waals surface area contributed by atoms with Gasteiger partial charge in [0.2, 0.25) is 0 Å². The fraction of sp³-hybridized carbons (Fsp3) is 0.625. The second kappa shape index (κ2) is 5.01. The SMILES string of the molecule is Fc1ccc2c(c1)CC(CN1CCNCC1C1CC1)O2. The van der Waals surface area contributed by atoms with Gasteiger partial charge in [-0.15, -0.1) is 0 Å². The lowest BCUT2D eigenvalue weighted by molar-refractivity contribution is 0.0882. The van der Waals surface area contributed by atoms with E-state index in [-0.39, 0.29) is 11.9 Å². The first-order valence-electron chi connectivity index (χ1n) is 7.69. The highest BCUT2D eigenvalue weighted by atomic mass is 19.1. The molecule has 2 fully saturated rings. The first-order valence-corrected chi connectivity index (χ1v) is 7.69. The van der Waals surface area contributed by atoms with Crippen molar-refractivity contribution in [3.05, 3.63) is 29.6 Å². The van der Waals surface area contributed by atoms with Crippen molar-refractivity contribution in [1.29, 1.82) is 0 Å². The zero-order valence-corrected chi connectivity index (χ0v) is 11.6. The van der Waals surface area contributed by atoms with Gasteiger partial charge in [-0.05, 0) is 37.0 Å². The van der Waals surface area contributed by atoms with Gasteiger partial charge < -0.3 is 10.1 Å². The van der Waals surface area contributed by atoms with E-state index in [1.807, 2.05) is 0 Å². The molecule has 0 spiro atoms. The number of ether oxygens (including phenoxy) is 1. The van der Waals surface area contributed by atoms with Gasteiger partial charge in [0, 0.05) is 44.2 Å². The number of halogens is 1. The molecule has 0 aromatic heterocycles. The molecule has 2 heterocycles. The minimum absolute atomic E-state index is 0.161. The monoisotopic (exact) mass is 276 g/mol. The molecule has 0 amide bonds. The van der Waals surface area contributed by atoms with Crippen molar-refractivity contribution in [2.75, 3.05) is 26.2 Å². The Hall–Kier alpha value is -1.13. The summed E-state index contributed by atoms with van der Waals surface area (Å²) in [5.74, 6) is 1.59. The molecule has 4 heteroatoms. The lowest BCUT2D eigenvalue weighted by Crippen LogP contribution is -2.54. The third-order valence-corrected chi connectivity index (χ3v) is 4.77. The number of hydrogen-bond donors (Lipinski definition) is 1. The topological polar surface area (TPSA) is 24.5 Å². The van der Waals surface area contributed by atoms with Crippen LogP contribution in [-0.4, -0.2) is 43.2 Å². The highest BCUT2D eigenvalue weighted by Crippen LogP contribution is 2.36. The molecule has 0 radical (unpaired) electrons. The largest absolute Gasteiger partial charge is 0.488 e. The first kappa shape index (κ1) is 12.6. The van der Waals surface area contributed by atoms with Crippen molar-refractivity contribution < 1.29 is 9.13 Å². The fourth-order valence-electron chi connectivity index (χ4n) is 3.59. The third-order valence-electron chi connectivity index (χ3n) is 4.77. The Morgan fingerprint density at radius 3 is 3.10 bits per heavy atom. The maximum absolute atomic E-state index is 13.2. The molecule has 2 aliphatic heterocycles. The van der Waals surface area contributed by atoms with Gasteiger partial charge in [0.05, 0.1) is 0 Å². The summed E-state index contributed by atoms with van der Waals surface area (Å²) in [7, 11) is 0. The molecule has 20 heavy (non-hydrogen) atoms. The third kappa shape index (κ3) is 2.42. The van der Waals surface area contributed by atoms with Gasteiger partial charge in [0.25, 0.3) is 0 Å². The molecule has 1 aromatic carbocycles. The van der Waals surface area contributed by atoms with Crippen LogP contribution in [-0.2, 0) is 6.42 Å². The lowest BCUT2D eigenvalue weighted by Gasteiger charge is -2.37. The van der Waals surface area contributed by atoms with Crippen molar-refractivity contribution in [3.63, 3.8) is 0 Å². The molecule has 3 aliphatic rings. The highest BCUT2D eigenvalue weighted by molar-refractivity contribution is 5.38. The van der Waals surface area contributed by atoms with Crippen LogP contribution in [0.2, 0.25) is 0 Å². The van der Waals surface area contributed by atoms with Crippen LogP contribution < -0.4 is 10.1 Å². The average Bonchev–Trinajstić information content (AvgIpc) is 3.20. The number of nitrogens with one attached hydrogen (secondary N) is 1. The second-order valence-corrected chi connectivity index (χ2v) is 6.30. The van der Waals surface area contributed by atoms with Crippen molar-refractivity contribution in [2.45, 2.75) is 31.4 Å². The Morgan fingerprint density at radius 1 is 1.35 bits per heavy atom. The molecule has 4 rings (SSSR count). The molecule has 3 nitrogen and oxygen atoms in total. The standard InChI is InChI=1S/C16H21FN2O/c17-13-3-4-16-12(7-13)8-14(20-16)10-19-6-5-18-9-15(19)11-1-2-11/h3-4,7,11,14-15,18H,1-2,5-6,8-10H2. The minimum Gasteiger partial charge on any atom is -0.488 e. The van der Waals surface area contributed by atoms with Gasteiger partial charge >= 0.3 is 0 Å². The maximum atomic E-state index is 13.2. The van der Waals surface area contributed by atoms with Crippen LogP contribution >= 0.6 is 0 Å². The molecule has 1 aliphatic carbocycles. The maximum Gasteiger partial charge on any atom is 0.123 e. The molecular formula is C16H21FN2O. The summed E-state index contributed by atoms with van der Waals surface area (Å²) < 4.78 is 19.2. The Morgan fingerprint density at radius 2 is 2.25 bits per heavy atom. The molecule has 1 saturated carbocycles. The zero-order valence-electron chi connectivity index (χ0n) is 11.6. The number of piperazine rings is 1. The Kier molecular flexibility index (Phi) is 3.15. The number of benzene rings is 1. The van der Waals surface area contributed by atoms with Gasteiger partial charge in [0.1, 0.15) is 17.7 Å². The van der Waals surface area contributed by atoms with Crippen LogP contribution in [0, 0.1) is 11.7 Å². The van der Waals surface area contributed by atoms with Crippen molar-refractivity contribution >= 4 is 0 Å². The van der Waals surface area contributed by atoms with E-state index in [1.165, 1.54) is 18.9 Å². The Bertz CT molecular complexity index is 503.